The number of hydrazine groups is 1. The van der Waals surface area contributed by atoms with Crippen molar-refractivity contribution in [2.24, 2.45) is 0 Å². The molecule has 0 radical (unpaired) electrons. The minimum absolute atomic E-state index is 0.0546. The summed E-state index contributed by atoms with van der Waals surface area (Å²) < 4.78 is 66.1. The van der Waals surface area contributed by atoms with Crippen molar-refractivity contribution >= 4 is 30.7 Å². The molecule has 3 aromatic carbocycles. The lowest BCUT2D eigenvalue weighted by Crippen LogP contribution is -2.66. The Morgan fingerprint density at radius 3 is 1.80 bits per heavy atom. The largest absolute Gasteiger partial charge is 0.443 e. The van der Waals surface area contributed by atoms with Gasteiger partial charge in [-0.15, -0.1) is 0 Å². The van der Waals surface area contributed by atoms with Gasteiger partial charge in [0.15, 0.2) is 17.5 Å². The second kappa shape index (κ2) is 15.7. The molecule has 0 aromatic heterocycles. The predicted molar refractivity (Wildman–Crippen MR) is 172 cm³/mol. The molecule has 3 rings (SSSR count). The van der Waals surface area contributed by atoms with Gasteiger partial charge in [0.05, 0.1) is 12.0 Å². The van der Waals surface area contributed by atoms with Crippen LogP contribution in [0.25, 0.3) is 0 Å². The zero-order chi connectivity index (χ0) is 34.1. The van der Waals surface area contributed by atoms with Gasteiger partial charge in [0, 0.05) is 13.7 Å². The number of hydrogen-bond acceptors (Lipinski definition) is 6. The number of hydrogen-bond donors (Lipinski definition) is 2. The number of carbonyl (C=O) groups excluding carboxylic acids is 2. The number of amides is 2. The Bertz CT molecular complexity index is 1390. The molecule has 0 saturated carbocycles. The zero-order valence-corrected chi connectivity index (χ0v) is 28.3. The van der Waals surface area contributed by atoms with Crippen molar-refractivity contribution < 1.29 is 41.4 Å². The summed E-state index contributed by atoms with van der Waals surface area (Å²) in [5.41, 5.74) is 3.31. The number of ether oxygens (including phenoxy) is 3. The summed E-state index contributed by atoms with van der Waals surface area (Å²) >= 11 is 0. The number of benzene rings is 3. The smallest absolute Gasteiger partial charge is 0.426 e. The lowest BCUT2D eigenvalue weighted by Gasteiger charge is -2.43. The third-order valence-electron chi connectivity index (χ3n) is 7.24. The van der Waals surface area contributed by atoms with Crippen molar-refractivity contribution in [3.8, 4) is 0 Å². The van der Waals surface area contributed by atoms with Gasteiger partial charge in [-0.3, -0.25) is 10.2 Å². The first-order valence-corrected chi connectivity index (χ1v) is 16.8. The van der Waals surface area contributed by atoms with Gasteiger partial charge < -0.3 is 18.6 Å². The Balaban J connectivity index is 2.02. The van der Waals surface area contributed by atoms with Gasteiger partial charge in [-0.25, -0.2) is 23.4 Å². The second-order valence-electron chi connectivity index (χ2n) is 12.8. The maximum Gasteiger partial charge on any atom is 0.426 e. The van der Waals surface area contributed by atoms with Crippen molar-refractivity contribution in [1.82, 2.24) is 10.9 Å². The van der Waals surface area contributed by atoms with Crippen LogP contribution in [0.15, 0.2) is 72.8 Å². The first-order valence-electron chi connectivity index (χ1n) is 14.9. The molecule has 46 heavy (non-hydrogen) atoms. The van der Waals surface area contributed by atoms with E-state index in [1.807, 2.05) is 60.7 Å². The monoisotopic (exact) mass is 660 g/mol. The molecular formula is C34H43F3N2O6Si. The Labute approximate surface area is 269 Å². The minimum Gasteiger partial charge on any atom is -0.443 e. The molecule has 0 aliphatic carbocycles. The lowest BCUT2D eigenvalue weighted by molar-refractivity contribution is -0.133. The van der Waals surface area contributed by atoms with Crippen LogP contribution in [0.5, 0.6) is 0 Å². The van der Waals surface area contributed by atoms with E-state index in [0.29, 0.717) is 0 Å². The molecule has 0 heterocycles. The SMILES string of the molecule is COCOC(CCO[Si](c1ccccc1)(c1ccccc1)C(C)(C)C)C(C(=O)NNC(=O)OC(C)(C)C)c1cc(F)c(F)c(F)c1. The van der Waals surface area contributed by atoms with Crippen LogP contribution in [0, 0.1) is 17.5 Å². The molecule has 8 nitrogen and oxygen atoms in total. The predicted octanol–water partition coefficient (Wildman–Crippen LogP) is 5.70. The van der Waals surface area contributed by atoms with Crippen molar-refractivity contribution in [3.05, 3.63) is 95.8 Å². The summed E-state index contributed by atoms with van der Waals surface area (Å²) in [4.78, 5) is 25.9. The van der Waals surface area contributed by atoms with E-state index in [2.05, 4.69) is 31.6 Å². The maximum atomic E-state index is 14.5. The molecule has 2 atom stereocenters. The first-order chi connectivity index (χ1) is 21.6. The standard InChI is InChI=1S/C34H43F3N2O6Si/c1-33(2,3)45-32(41)39-38-31(40)29(23-20-26(35)30(37)27(36)21-23)28(43-22-42-7)18-19-44-46(34(4,5)6,24-14-10-8-11-15-24)25-16-12-9-13-17-25/h8-17,20-21,28-29H,18-19,22H2,1-7H3,(H,38,40)(H,39,41). The van der Waals surface area contributed by atoms with E-state index in [1.54, 1.807) is 20.8 Å². The van der Waals surface area contributed by atoms with E-state index in [0.717, 1.165) is 22.5 Å². The quantitative estimate of drug-likeness (QED) is 0.112. The fraction of sp³-hybridized carbons (Fsp3) is 0.412. The topological polar surface area (TPSA) is 95.1 Å². The molecule has 0 aliphatic rings. The molecule has 250 valence electrons. The number of carbonyl (C=O) groups is 2. The summed E-state index contributed by atoms with van der Waals surface area (Å²) in [5.74, 6) is -6.97. The van der Waals surface area contributed by atoms with Crippen LogP contribution >= 0.6 is 0 Å². The van der Waals surface area contributed by atoms with Crippen molar-refractivity contribution in [2.75, 3.05) is 20.5 Å². The Hall–Kier alpha value is -3.71. The molecule has 12 heteroatoms. The van der Waals surface area contributed by atoms with E-state index in [9.17, 15) is 22.8 Å². The average molecular weight is 661 g/mol. The Kier molecular flexibility index (Phi) is 12.6. The lowest BCUT2D eigenvalue weighted by atomic mass is 9.90. The first kappa shape index (κ1) is 36.8. The third kappa shape index (κ3) is 9.18. The summed E-state index contributed by atoms with van der Waals surface area (Å²) in [6, 6.07) is 21.3. The highest BCUT2D eigenvalue weighted by molar-refractivity contribution is 6.99. The van der Waals surface area contributed by atoms with Crippen LogP contribution in [0.1, 0.15) is 59.4 Å². The van der Waals surface area contributed by atoms with Gasteiger partial charge in [0.1, 0.15) is 12.4 Å². The highest BCUT2D eigenvalue weighted by Crippen LogP contribution is 2.37. The molecule has 2 amide bonds. The fourth-order valence-corrected chi connectivity index (χ4v) is 9.95. The van der Waals surface area contributed by atoms with Crippen LogP contribution in [0.2, 0.25) is 5.04 Å². The maximum absolute atomic E-state index is 14.5. The molecule has 0 fully saturated rings. The van der Waals surface area contributed by atoms with Gasteiger partial charge >= 0.3 is 6.09 Å². The summed E-state index contributed by atoms with van der Waals surface area (Å²) in [5, 5.41) is 1.71. The molecule has 2 unspecified atom stereocenters. The van der Waals surface area contributed by atoms with Crippen molar-refractivity contribution in [2.45, 2.75) is 70.6 Å². The summed E-state index contributed by atoms with van der Waals surface area (Å²) in [6.07, 6.45) is -2.00. The normalized spacial score (nSPS) is 13.5. The van der Waals surface area contributed by atoms with Gasteiger partial charge in [0.25, 0.3) is 8.32 Å². The number of methoxy groups -OCH3 is 1. The molecule has 2 N–H and O–H groups in total. The number of halogens is 3. The average Bonchev–Trinajstić information content (AvgIpc) is 2.99. The van der Waals surface area contributed by atoms with E-state index < -0.39 is 55.4 Å². The van der Waals surface area contributed by atoms with E-state index in [4.69, 9.17) is 18.6 Å². The number of rotatable bonds is 12. The minimum atomic E-state index is -3.00. The molecule has 0 spiro atoms. The Morgan fingerprint density at radius 1 is 0.826 bits per heavy atom. The third-order valence-corrected chi connectivity index (χ3v) is 12.3. The molecule has 0 aliphatic heterocycles. The molecule has 3 aromatic rings. The summed E-state index contributed by atoms with van der Waals surface area (Å²) in [6.45, 7) is 11.0. The van der Waals surface area contributed by atoms with Gasteiger partial charge in [-0.05, 0) is 60.3 Å². The molecular weight excluding hydrogens is 617 g/mol. The van der Waals surface area contributed by atoms with Gasteiger partial charge in [-0.1, -0.05) is 81.4 Å². The molecule has 0 bridgehead atoms. The fourth-order valence-electron chi connectivity index (χ4n) is 5.37. The van der Waals surface area contributed by atoms with E-state index in [1.165, 1.54) is 7.11 Å². The van der Waals surface area contributed by atoms with Gasteiger partial charge in [-0.2, -0.15) is 0 Å². The Morgan fingerprint density at radius 2 is 1.35 bits per heavy atom. The second-order valence-corrected chi connectivity index (χ2v) is 17.1. The van der Waals surface area contributed by atoms with Crippen LogP contribution in [0.3, 0.4) is 0 Å². The highest BCUT2D eigenvalue weighted by Gasteiger charge is 2.50. The van der Waals surface area contributed by atoms with Crippen molar-refractivity contribution in [3.63, 3.8) is 0 Å². The highest BCUT2D eigenvalue weighted by atomic mass is 28.4. The molecule has 0 saturated heterocycles. The van der Waals surface area contributed by atoms with Crippen LogP contribution in [-0.2, 0) is 23.4 Å². The van der Waals surface area contributed by atoms with E-state index >= 15 is 0 Å². The number of nitrogens with one attached hydrogen (secondary N) is 2. The van der Waals surface area contributed by atoms with Crippen LogP contribution in [0.4, 0.5) is 18.0 Å². The van der Waals surface area contributed by atoms with Crippen LogP contribution < -0.4 is 21.2 Å². The summed E-state index contributed by atoms with van der Waals surface area (Å²) in [7, 11) is -1.62. The van der Waals surface area contributed by atoms with Gasteiger partial charge in [0.2, 0.25) is 5.91 Å². The van der Waals surface area contributed by atoms with E-state index in [-0.39, 0.29) is 30.4 Å². The van der Waals surface area contributed by atoms with Crippen molar-refractivity contribution in [1.29, 1.82) is 0 Å². The zero-order valence-electron chi connectivity index (χ0n) is 27.3. The van der Waals surface area contributed by atoms with Crippen LogP contribution in [-0.4, -0.2) is 52.5 Å².